The Morgan fingerprint density at radius 1 is 0.912 bits per heavy atom. The predicted molar refractivity (Wildman–Crippen MR) is 127 cm³/mol. The van der Waals surface area contributed by atoms with Crippen molar-refractivity contribution in [3.05, 3.63) is 54.1 Å². The van der Waals surface area contributed by atoms with E-state index in [1.54, 1.807) is 40.1 Å². The SMILES string of the molecule is C.O=C(c1ccc(-c2cccc(S(=O)(=O)C3CC3)c2)cc1)N1CCN(C(=O)C2(O)COC2)CC1. The molecule has 0 atom stereocenters. The third-order valence-corrected chi connectivity index (χ3v) is 8.78. The summed E-state index contributed by atoms with van der Waals surface area (Å²) in [7, 11) is -3.26. The van der Waals surface area contributed by atoms with E-state index in [4.69, 9.17) is 4.74 Å². The smallest absolute Gasteiger partial charge is 0.259 e. The topological polar surface area (TPSA) is 104 Å². The van der Waals surface area contributed by atoms with Gasteiger partial charge in [-0.05, 0) is 48.2 Å². The molecule has 5 rings (SSSR count). The molecule has 2 aromatic carbocycles. The summed E-state index contributed by atoms with van der Waals surface area (Å²) in [4.78, 5) is 29.0. The van der Waals surface area contributed by atoms with Gasteiger partial charge >= 0.3 is 0 Å². The van der Waals surface area contributed by atoms with Crippen LogP contribution in [-0.4, -0.2) is 85.4 Å². The highest BCUT2D eigenvalue weighted by Crippen LogP contribution is 2.35. The van der Waals surface area contributed by atoms with Crippen molar-refractivity contribution in [3.63, 3.8) is 0 Å². The van der Waals surface area contributed by atoms with E-state index in [2.05, 4.69) is 0 Å². The fourth-order valence-corrected chi connectivity index (χ4v) is 5.94. The quantitative estimate of drug-likeness (QED) is 0.693. The van der Waals surface area contributed by atoms with Crippen molar-refractivity contribution < 1.29 is 27.9 Å². The maximum Gasteiger partial charge on any atom is 0.259 e. The molecule has 0 spiro atoms. The lowest BCUT2D eigenvalue weighted by Crippen LogP contribution is -2.64. The van der Waals surface area contributed by atoms with E-state index in [1.807, 2.05) is 18.2 Å². The van der Waals surface area contributed by atoms with Gasteiger partial charge in [-0.15, -0.1) is 0 Å². The summed E-state index contributed by atoms with van der Waals surface area (Å²) in [5.41, 5.74) is 0.745. The number of hydrogen-bond donors (Lipinski definition) is 1. The molecule has 34 heavy (non-hydrogen) atoms. The van der Waals surface area contributed by atoms with E-state index in [0.717, 1.165) is 24.0 Å². The van der Waals surface area contributed by atoms with Gasteiger partial charge in [-0.3, -0.25) is 9.59 Å². The molecule has 182 valence electrons. The molecular weight excluding hydrogens is 456 g/mol. The highest BCUT2D eigenvalue weighted by Gasteiger charge is 2.47. The van der Waals surface area contributed by atoms with Crippen LogP contribution >= 0.6 is 0 Å². The number of piperazine rings is 1. The zero-order valence-corrected chi connectivity index (χ0v) is 19.0. The van der Waals surface area contributed by atoms with Crippen LogP contribution < -0.4 is 0 Å². The maximum atomic E-state index is 12.9. The molecule has 9 heteroatoms. The number of carbonyl (C=O) groups excluding carboxylic acids is 2. The molecule has 2 aliphatic heterocycles. The standard InChI is InChI=1S/C24H26N2O6S.CH4/c27-22(25-10-12-26(13-11-25)23(28)24(29)15-32-16-24)18-6-4-17(5-7-18)19-2-1-3-21(14-19)33(30,31)20-8-9-20;/h1-7,14,20,29H,8-13,15-16H2;1H4. The molecule has 0 aromatic heterocycles. The number of amides is 2. The molecule has 3 aliphatic rings. The van der Waals surface area contributed by atoms with Crippen molar-refractivity contribution in [3.8, 4) is 11.1 Å². The van der Waals surface area contributed by atoms with Gasteiger partial charge in [0, 0.05) is 31.7 Å². The minimum atomic E-state index is -3.26. The Kier molecular flexibility index (Phi) is 6.54. The van der Waals surface area contributed by atoms with Crippen LogP contribution in [0.3, 0.4) is 0 Å². The fourth-order valence-electron chi connectivity index (χ4n) is 4.24. The molecule has 2 amide bonds. The van der Waals surface area contributed by atoms with Gasteiger partial charge < -0.3 is 19.6 Å². The highest BCUT2D eigenvalue weighted by atomic mass is 32.2. The number of benzene rings is 2. The van der Waals surface area contributed by atoms with E-state index in [-0.39, 0.29) is 37.7 Å². The van der Waals surface area contributed by atoms with Crippen molar-refractivity contribution in [2.45, 2.75) is 36.0 Å². The number of nitrogens with zero attached hydrogens (tertiary/aromatic N) is 2. The van der Waals surface area contributed by atoms with Crippen LogP contribution in [0.15, 0.2) is 53.4 Å². The minimum Gasteiger partial charge on any atom is -0.376 e. The van der Waals surface area contributed by atoms with Gasteiger partial charge in [0.15, 0.2) is 15.4 Å². The van der Waals surface area contributed by atoms with Crippen molar-refractivity contribution in [2.75, 3.05) is 39.4 Å². The molecule has 2 heterocycles. The second-order valence-electron chi connectivity index (χ2n) is 8.96. The van der Waals surface area contributed by atoms with E-state index in [1.165, 1.54) is 0 Å². The molecular formula is C25H30N2O6S. The lowest BCUT2D eigenvalue weighted by atomic mass is 10.00. The van der Waals surface area contributed by atoms with Gasteiger partial charge in [0.2, 0.25) is 0 Å². The van der Waals surface area contributed by atoms with Gasteiger partial charge in [-0.1, -0.05) is 31.7 Å². The molecule has 3 fully saturated rings. The Labute approximate surface area is 200 Å². The third-order valence-electron chi connectivity index (χ3n) is 6.52. The van der Waals surface area contributed by atoms with Crippen molar-refractivity contribution >= 4 is 21.7 Å². The van der Waals surface area contributed by atoms with Gasteiger partial charge in [-0.2, -0.15) is 0 Å². The van der Waals surface area contributed by atoms with E-state index >= 15 is 0 Å². The molecule has 2 aromatic rings. The Balaban J connectivity index is 0.00000274. The molecule has 2 saturated heterocycles. The first-order valence-electron chi connectivity index (χ1n) is 11.1. The Morgan fingerprint density at radius 3 is 2.09 bits per heavy atom. The zero-order chi connectivity index (χ0) is 23.2. The minimum absolute atomic E-state index is 0. The highest BCUT2D eigenvalue weighted by molar-refractivity contribution is 7.92. The lowest BCUT2D eigenvalue weighted by Gasteiger charge is -2.42. The second-order valence-corrected chi connectivity index (χ2v) is 11.2. The molecule has 0 radical (unpaired) electrons. The average molecular weight is 487 g/mol. The first kappa shape index (κ1) is 24.4. The van der Waals surface area contributed by atoms with E-state index in [0.29, 0.717) is 36.6 Å². The maximum absolute atomic E-state index is 12.9. The Hall–Kier alpha value is -2.75. The van der Waals surface area contributed by atoms with Crippen LogP contribution in [0, 0.1) is 0 Å². The first-order valence-corrected chi connectivity index (χ1v) is 12.7. The molecule has 0 unspecified atom stereocenters. The summed E-state index contributed by atoms with van der Waals surface area (Å²) in [6, 6.07) is 14.1. The number of sulfone groups is 1. The van der Waals surface area contributed by atoms with Gasteiger partial charge in [0.1, 0.15) is 0 Å². The van der Waals surface area contributed by atoms with Crippen LogP contribution in [0.2, 0.25) is 0 Å². The van der Waals surface area contributed by atoms with Crippen LogP contribution in [0.5, 0.6) is 0 Å². The number of rotatable bonds is 5. The lowest BCUT2D eigenvalue weighted by molar-refractivity contribution is -0.201. The number of carbonyl (C=O) groups is 2. The van der Waals surface area contributed by atoms with Gasteiger partial charge in [0.25, 0.3) is 11.8 Å². The third kappa shape index (κ3) is 4.47. The molecule has 1 aliphatic carbocycles. The second kappa shape index (κ2) is 9.13. The molecule has 0 bridgehead atoms. The Bertz CT molecular complexity index is 1180. The first-order chi connectivity index (χ1) is 15.8. The van der Waals surface area contributed by atoms with Gasteiger partial charge in [0.05, 0.1) is 23.4 Å². The largest absolute Gasteiger partial charge is 0.376 e. The summed E-state index contributed by atoms with van der Waals surface area (Å²) in [6.07, 6.45) is 1.45. The number of aliphatic hydroxyl groups is 1. The van der Waals surface area contributed by atoms with Crippen LogP contribution in [-0.2, 0) is 19.4 Å². The van der Waals surface area contributed by atoms with Crippen molar-refractivity contribution in [2.24, 2.45) is 0 Å². The number of ether oxygens (including phenoxy) is 1. The van der Waals surface area contributed by atoms with Crippen LogP contribution in [0.25, 0.3) is 11.1 Å². The van der Waals surface area contributed by atoms with Gasteiger partial charge in [-0.25, -0.2) is 8.42 Å². The molecule has 8 nitrogen and oxygen atoms in total. The predicted octanol–water partition coefficient (Wildman–Crippen LogP) is 1.97. The monoisotopic (exact) mass is 486 g/mol. The van der Waals surface area contributed by atoms with E-state index in [9.17, 15) is 23.1 Å². The molecule has 1 saturated carbocycles. The molecule has 1 N–H and O–H groups in total. The summed E-state index contributed by atoms with van der Waals surface area (Å²) in [6.45, 7) is 1.56. The Morgan fingerprint density at radius 2 is 1.53 bits per heavy atom. The van der Waals surface area contributed by atoms with Crippen LogP contribution in [0.1, 0.15) is 30.6 Å². The average Bonchev–Trinajstić information content (AvgIpc) is 3.68. The fraction of sp³-hybridized carbons (Fsp3) is 0.440. The van der Waals surface area contributed by atoms with E-state index < -0.39 is 15.4 Å². The summed E-state index contributed by atoms with van der Waals surface area (Å²) in [5.74, 6) is -0.458. The zero-order valence-electron chi connectivity index (χ0n) is 18.1. The summed E-state index contributed by atoms with van der Waals surface area (Å²) in [5, 5.41) is 9.91. The number of hydrogen-bond acceptors (Lipinski definition) is 6. The van der Waals surface area contributed by atoms with Crippen molar-refractivity contribution in [1.82, 2.24) is 9.80 Å². The summed E-state index contributed by atoms with van der Waals surface area (Å²) < 4.78 is 30.0. The van der Waals surface area contributed by atoms with Crippen LogP contribution in [0.4, 0.5) is 0 Å². The summed E-state index contributed by atoms with van der Waals surface area (Å²) >= 11 is 0. The normalized spacial score (nSPS) is 19.7. The van der Waals surface area contributed by atoms with Crippen molar-refractivity contribution in [1.29, 1.82) is 0 Å².